The highest BCUT2D eigenvalue weighted by atomic mass is 35.5. The number of aromatic nitrogens is 2. The number of carbonyl (C=O) groups is 1. The van der Waals surface area contributed by atoms with E-state index in [0.717, 1.165) is 28.3 Å². The predicted octanol–water partition coefficient (Wildman–Crippen LogP) is 6.59. The highest BCUT2D eigenvalue weighted by Crippen LogP contribution is 2.36. The zero-order valence-corrected chi connectivity index (χ0v) is 21.1. The van der Waals surface area contributed by atoms with Crippen LogP contribution in [0.1, 0.15) is 44.5 Å². The van der Waals surface area contributed by atoms with Crippen LogP contribution in [0.2, 0.25) is 5.02 Å². The smallest absolute Gasteiger partial charge is 0.227 e. The first kappa shape index (κ1) is 23.4. The van der Waals surface area contributed by atoms with E-state index in [1.165, 1.54) is 5.56 Å². The van der Waals surface area contributed by atoms with Crippen molar-refractivity contribution in [2.75, 3.05) is 18.1 Å². The Morgan fingerprint density at radius 2 is 1.71 bits per heavy atom. The first-order valence-corrected chi connectivity index (χ1v) is 12.4. The number of rotatable bonds is 6. The summed E-state index contributed by atoms with van der Waals surface area (Å²) in [4.78, 5) is 19.7. The molecule has 6 heteroatoms. The SMILES string of the molecule is CC(C)(C)c1ccc(OCCn2c(C3CC(=O)N(c4ccccc4Cl)C3)nc3ccccc32)cc1. The predicted molar refractivity (Wildman–Crippen MR) is 142 cm³/mol. The number of imidazole rings is 1. The molecule has 1 amide bonds. The molecule has 1 aliphatic rings. The molecule has 180 valence electrons. The third kappa shape index (κ3) is 4.78. The third-order valence-corrected chi connectivity index (χ3v) is 6.94. The van der Waals surface area contributed by atoms with Crippen LogP contribution in [0.25, 0.3) is 11.0 Å². The van der Waals surface area contributed by atoms with Crippen molar-refractivity contribution >= 4 is 34.2 Å². The molecule has 0 bridgehead atoms. The van der Waals surface area contributed by atoms with Gasteiger partial charge in [-0.25, -0.2) is 4.98 Å². The molecule has 1 fully saturated rings. The summed E-state index contributed by atoms with van der Waals surface area (Å²) < 4.78 is 8.30. The van der Waals surface area contributed by atoms with Crippen LogP contribution in [0.4, 0.5) is 5.69 Å². The van der Waals surface area contributed by atoms with Gasteiger partial charge in [0.2, 0.25) is 5.91 Å². The van der Waals surface area contributed by atoms with Gasteiger partial charge in [-0.2, -0.15) is 0 Å². The Labute approximate surface area is 211 Å². The van der Waals surface area contributed by atoms with E-state index >= 15 is 0 Å². The number of fused-ring (bicyclic) bond motifs is 1. The average molecular weight is 488 g/mol. The molecule has 1 atom stereocenters. The minimum absolute atomic E-state index is 0.0164. The molecule has 1 unspecified atom stereocenters. The van der Waals surface area contributed by atoms with Crippen LogP contribution in [0.5, 0.6) is 5.75 Å². The number of ether oxygens (including phenoxy) is 1. The summed E-state index contributed by atoms with van der Waals surface area (Å²) in [5.74, 6) is 1.82. The first-order valence-electron chi connectivity index (χ1n) is 12.0. The Morgan fingerprint density at radius 1 is 1.00 bits per heavy atom. The van der Waals surface area contributed by atoms with Gasteiger partial charge in [0.15, 0.2) is 0 Å². The number of nitrogens with zero attached hydrogens (tertiary/aromatic N) is 3. The van der Waals surface area contributed by atoms with Gasteiger partial charge in [-0.05, 0) is 47.4 Å². The van der Waals surface area contributed by atoms with Gasteiger partial charge >= 0.3 is 0 Å². The highest BCUT2D eigenvalue weighted by Gasteiger charge is 2.35. The molecule has 0 radical (unpaired) electrons. The molecule has 1 saturated heterocycles. The number of amides is 1. The van der Waals surface area contributed by atoms with E-state index in [2.05, 4.69) is 43.5 Å². The van der Waals surface area contributed by atoms with E-state index in [9.17, 15) is 4.79 Å². The fourth-order valence-electron chi connectivity index (χ4n) is 4.73. The lowest BCUT2D eigenvalue weighted by Crippen LogP contribution is -2.25. The number of carbonyl (C=O) groups excluding carboxylic acids is 1. The lowest BCUT2D eigenvalue weighted by Gasteiger charge is -2.19. The summed E-state index contributed by atoms with van der Waals surface area (Å²) in [6.07, 6.45) is 0.406. The standard InChI is InChI=1S/C29H30ClN3O2/c1-29(2,3)21-12-14-22(15-13-21)35-17-16-32-26-11-7-5-9-24(26)31-28(32)20-18-27(34)33(19-20)25-10-6-4-8-23(25)30/h4-15,20H,16-19H2,1-3H3. The van der Waals surface area contributed by atoms with Gasteiger partial charge in [0, 0.05) is 18.9 Å². The highest BCUT2D eigenvalue weighted by molar-refractivity contribution is 6.33. The fraction of sp³-hybridized carbons (Fsp3) is 0.310. The molecule has 0 spiro atoms. The Balaban J connectivity index is 1.36. The van der Waals surface area contributed by atoms with E-state index in [0.29, 0.717) is 31.1 Å². The number of hydrogen-bond acceptors (Lipinski definition) is 3. The maximum Gasteiger partial charge on any atom is 0.227 e. The Bertz CT molecular complexity index is 1350. The third-order valence-electron chi connectivity index (χ3n) is 6.62. The second kappa shape index (κ2) is 9.38. The van der Waals surface area contributed by atoms with Gasteiger partial charge in [-0.3, -0.25) is 4.79 Å². The molecular weight excluding hydrogens is 458 g/mol. The summed E-state index contributed by atoms with van der Waals surface area (Å²) in [6, 6.07) is 23.9. The number of anilines is 1. The summed E-state index contributed by atoms with van der Waals surface area (Å²) in [7, 11) is 0. The van der Waals surface area contributed by atoms with Crippen molar-refractivity contribution in [1.29, 1.82) is 0 Å². The van der Waals surface area contributed by atoms with Gasteiger partial charge < -0.3 is 14.2 Å². The summed E-state index contributed by atoms with van der Waals surface area (Å²) >= 11 is 6.39. The largest absolute Gasteiger partial charge is 0.492 e. The van der Waals surface area contributed by atoms with Crippen molar-refractivity contribution in [3.63, 3.8) is 0 Å². The van der Waals surface area contributed by atoms with Crippen LogP contribution in [0, 0.1) is 0 Å². The topological polar surface area (TPSA) is 47.4 Å². The molecule has 3 aromatic carbocycles. The first-order chi connectivity index (χ1) is 16.8. The number of halogens is 1. The van der Waals surface area contributed by atoms with Crippen molar-refractivity contribution in [1.82, 2.24) is 9.55 Å². The maximum absolute atomic E-state index is 12.9. The summed E-state index contributed by atoms with van der Waals surface area (Å²) in [6.45, 7) is 8.32. The van der Waals surface area contributed by atoms with Crippen LogP contribution in [-0.2, 0) is 16.8 Å². The zero-order chi connectivity index (χ0) is 24.6. The van der Waals surface area contributed by atoms with E-state index < -0.39 is 0 Å². The van der Waals surface area contributed by atoms with Gasteiger partial charge in [-0.15, -0.1) is 0 Å². The molecule has 35 heavy (non-hydrogen) atoms. The van der Waals surface area contributed by atoms with Gasteiger partial charge in [0.25, 0.3) is 0 Å². The van der Waals surface area contributed by atoms with Crippen molar-refractivity contribution in [2.24, 2.45) is 0 Å². The summed E-state index contributed by atoms with van der Waals surface area (Å²) in [5.41, 5.74) is 4.13. The van der Waals surface area contributed by atoms with Gasteiger partial charge in [-0.1, -0.05) is 68.8 Å². The number of para-hydroxylation sites is 3. The Kier molecular flexibility index (Phi) is 6.28. The Hall–Kier alpha value is -3.31. The quantitative estimate of drug-likeness (QED) is 0.308. The maximum atomic E-state index is 12.9. The molecular formula is C29H30ClN3O2. The van der Waals surface area contributed by atoms with Crippen LogP contribution in [-0.4, -0.2) is 28.6 Å². The molecule has 0 saturated carbocycles. The molecule has 1 aromatic heterocycles. The minimum Gasteiger partial charge on any atom is -0.492 e. The van der Waals surface area contributed by atoms with Gasteiger partial charge in [0.05, 0.1) is 28.3 Å². The van der Waals surface area contributed by atoms with Crippen LogP contribution < -0.4 is 9.64 Å². The molecule has 4 aromatic rings. The molecule has 1 aliphatic heterocycles. The van der Waals surface area contributed by atoms with Crippen LogP contribution in [0.15, 0.2) is 72.8 Å². The Morgan fingerprint density at radius 3 is 2.46 bits per heavy atom. The number of hydrogen-bond donors (Lipinski definition) is 0. The average Bonchev–Trinajstić information content (AvgIpc) is 3.40. The van der Waals surface area contributed by atoms with Crippen molar-refractivity contribution in [3.05, 3.63) is 89.2 Å². The molecule has 5 nitrogen and oxygen atoms in total. The molecule has 5 rings (SSSR count). The second-order valence-electron chi connectivity index (χ2n) is 10.1. The summed E-state index contributed by atoms with van der Waals surface area (Å²) in [5, 5.41) is 0.584. The van der Waals surface area contributed by atoms with E-state index in [4.69, 9.17) is 21.3 Å². The monoisotopic (exact) mass is 487 g/mol. The molecule has 2 heterocycles. The zero-order valence-electron chi connectivity index (χ0n) is 20.4. The van der Waals surface area contributed by atoms with Gasteiger partial charge in [0.1, 0.15) is 18.2 Å². The van der Waals surface area contributed by atoms with Crippen molar-refractivity contribution in [2.45, 2.75) is 45.1 Å². The van der Waals surface area contributed by atoms with Crippen LogP contribution >= 0.6 is 11.6 Å². The second-order valence-corrected chi connectivity index (χ2v) is 10.5. The van der Waals surface area contributed by atoms with E-state index in [1.807, 2.05) is 54.6 Å². The van der Waals surface area contributed by atoms with Crippen molar-refractivity contribution in [3.8, 4) is 5.75 Å². The lowest BCUT2D eigenvalue weighted by atomic mass is 9.87. The van der Waals surface area contributed by atoms with Crippen molar-refractivity contribution < 1.29 is 9.53 Å². The number of benzene rings is 3. The normalized spacial score (nSPS) is 16.3. The van der Waals surface area contributed by atoms with E-state index in [-0.39, 0.29) is 17.2 Å². The minimum atomic E-state index is -0.0164. The molecule has 0 aliphatic carbocycles. The fourth-order valence-corrected chi connectivity index (χ4v) is 4.97. The lowest BCUT2D eigenvalue weighted by molar-refractivity contribution is -0.117. The molecule has 0 N–H and O–H groups in total. The van der Waals surface area contributed by atoms with E-state index in [1.54, 1.807) is 4.90 Å². The van der Waals surface area contributed by atoms with Crippen LogP contribution in [0.3, 0.4) is 0 Å².